The second kappa shape index (κ2) is 8.75. The summed E-state index contributed by atoms with van der Waals surface area (Å²) in [5.41, 5.74) is 0.974. The van der Waals surface area contributed by atoms with Crippen LogP contribution in [0.25, 0.3) is 10.3 Å². The Bertz CT molecular complexity index is 1130. The molecule has 2 N–H and O–H groups in total. The predicted molar refractivity (Wildman–Crippen MR) is 110 cm³/mol. The molecule has 0 atom stereocenters. The Kier molecular flexibility index (Phi) is 6.46. The third-order valence-electron chi connectivity index (χ3n) is 3.89. The molecular weight excluding hydrogens is 463 g/mol. The van der Waals surface area contributed by atoms with Crippen molar-refractivity contribution >= 4 is 51.4 Å². The minimum atomic E-state index is -5.08. The fourth-order valence-electron chi connectivity index (χ4n) is 2.63. The van der Waals surface area contributed by atoms with Crippen molar-refractivity contribution in [2.75, 3.05) is 16.8 Å². The van der Waals surface area contributed by atoms with E-state index >= 15 is 0 Å². The molecule has 0 unspecified atom stereocenters. The number of hydrogen-bond donors (Lipinski definition) is 2. The van der Waals surface area contributed by atoms with E-state index in [4.69, 9.17) is 12.2 Å². The lowest BCUT2D eigenvalue weighted by Crippen LogP contribution is -2.35. The van der Waals surface area contributed by atoms with E-state index in [2.05, 4.69) is 20.0 Å². The zero-order valence-electron chi connectivity index (χ0n) is 15.8. The number of thiazole rings is 1. The van der Waals surface area contributed by atoms with Crippen molar-refractivity contribution in [3.63, 3.8) is 0 Å². The normalized spacial score (nSPS) is 12.1. The van der Waals surface area contributed by atoms with Crippen LogP contribution in [0.5, 0.6) is 5.75 Å². The predicted octanol–water partition coefficient (Wildman–Crippen LogP) is 6.34. The molecule has 0 aliphatic heterocycles. The van der Waals surface area contributed by atoms with Gasteiger partial charge in [0.1, 0.15) is 22.8 Å². The lowest BCUT2D eigenvalue weighted by Gasteiger charge is -2.21. The molecular formula is C18H15F5N4O2S2. The van der Waals surface area contributed by atoms with E-state index in [1.165, 1.54) is 28.4 Å². The third kappa shape index (κ3) is 6.10. The summed E-state index contributed by atoms with van der Waals surface area (Å²) in [6.45, 7) is 2.02. The first kappa shape index (κ1) is 22.9. The number of H-pyrrole nitrogens is 1. The van der Waals surface area contributed by atoms with Crippen LogP contribution in [0.2, 0.25) is 0 Å². The fourth-order valence-corrected chi connectivity index (χ4v) is 3.68. The first-order valence-corrected chi connectivity index (χ1v) is 10.0. The van der Waals surface area contributed by atoms with Gasteiger partial charge in [-0.05, 0) is 55.5 Å². The standard InChI is InChI=1S/C18H15F5N4O2S2/c1-2-27(13-8-7-12-14(26-13)31-16(30)25-12)15(28)24-10-3-5-11(6-4-10)29-18(22,23)9-17(19,20)21/h3-8H,2,9H2,1H3,(H,24,28)(H,25,30). The van der Waals surface area contributed by atoms with Gasteiger partial charge in [0, 0.05) is 12.2 Å². The average Bonchev–Trinajstić information content (AvgIpc) is 3.01. The number of carbonyl (C=O) groups excluding carboxylic acids is 1. The van der Waals surface area contributed by atoms with Crippen LogP contribution in [0.1, 0.15) is 13.3 Å². The first-order valence-electron chi connectivity index (χ1n) is 8.78. The maximum absolute atomic E-state index is 13.3. The summed E-state index contributed by atoms with van der Waals surface area (Å²) >= 11 is 6.34. The minimum absolute atomic E-state index is 0.230. The molecule has 31 heavy (non-hydrogen) atoms. The summed E-state index contributed by atoms with van der Waals surface area (Å²) in [6.07, 6.45) is -11.9. The van der Waals surface area contributed by atoms with Crippen molar-refractivity contribution in [3.8, 4) is 5.75 Å². The average molecular weight is 478 g/mol. The smallest absolute Gasteiger partial charge is 0.406 e. The second-order valence-corrected chi connectivity index (χ2v) is 7.93. The molecule has 3 rings (SSSR count). The number of carbonyl (C=O) groups is 1. The fraction of sp³-hybridized carbons (Fsp3) is 0.278. The first-order chi connectivity index (χ1) is 14.5. The van der Waals surface area contributed by atoms with Crippen LogP contribution in [-0.2, 0) is 0 Å². The van der Waals surface area contributed by atoms with Crippen molar-refractivity contribution in [3.05, 3.63) is 40.4 Å². The molecule has 0 saturated heterocycles. The monoisotopic (exact) mass is 478 g/mol. The topological polar surface area (TPSA) is 70.2 Å². The van der Waals surface area contributed by atoms with Crippen LogP contribution < -0.4 is 15.0 Å². The molecule has 13 heteroatoms. The number of fused-ring (bicyclic) bond motifs is 1. The lowest BCUT2D eigenvalue weighted by atomic mass is 10.3. The molecule has 0 fully saturated rings. The number of nitrogens with one attached hydrogen (secondary N) is 2. The van der Waals surface area contributed by atoms with E-state index in [9.17, 15) is 26.7 Å². The van der Waals surface area contributed by atoms with Gasteiger partial charge in [0.05, 0.1) is 5.52 Å². The van der Waals surface area contributed by atoms with E-state index in [1.54, 1.807) is 19.1 Å². The molecule has 0 bridgehead atoms. The number of aromatic nitrogens is 2. The van der Waals surface area contributed by atoms with Crippen LogP contribution in [0, 0.1) is 3.95 Å². The Morgan fingerprint density at radius 2 is 1.87 bits per heavy atom. The maximum atomic E-state index is 13.3. The number of aromatic amines is 1. The Morgan fingerprint density at radius 3 is 2.48 bits per heavy atom. The molecule has 166 valence electrons. The highest BCUT2D eigenvalue weighted by Gasteiger charge is 2.45. The Hall–Kier alpha value is -2.80. The summed E-state index contributed by atoms with van der Waals surface area (Å²) in [6, 6.07) is 7.39. The Labute approximate surface area is 181 Å². The molecule has 2 amide bonds. The zero-order chi connectivity index (χ0) is 22.8. The van der Waals surface area contributed by atoms with Gasteiger partial charge < -0.3 is 15.0 Å². The van der Waals surface area contributed by atoms with Crippen LogP contribution in [0.3, 0.4) is 0 Å². The summed E-state index contributed by atoms with van der Waals surface area (Å²) in [5.74, 6) is -0.0927. The highest BCUT2D eigenvalue weighted by Crippen LogP contribution is 2.33. The van der Waals surface area contributed by atoms with Gasteiger partial charge in [-0.25, -0.2) is 9.78 Å². The third-order valence-corrected chi connectivity index (χ3v) is 5.03. The highest BCUT2D eigenvalue weighted by atomic mass is 32.1. The van der Waals surface area contributed by atoms with Crippen LogP contribution in [0.4, 0.5) is 38.3 Å². The van der Waals surface area contributed by atoms with Crippen molar-refractivity contribution in [1.82, 2.24) is 9.97 Å². The molecule has 0 aliphatic rings. The van der Waals surface area contributed by atoms with Crippen LogP contribution in [0.15, 0.2) is 36.4 Å². The van der Waals surface area contributed by atoms with Crippen LogP contribution in [-0.4, -0.2) is 34.8 Å². The summed E-state index contributed by atoms with van der Waals surface area (Å²) in [7, 11) is 0. The molecule has 0 radical (unpaired) electrons. The molecule has 3 aromatic rings. The number of nitrogens with zero attached hydrogens (tertiary/aromatic N) is 2. The maximum Gasteiger partial charge on any atom is 0.406 e. The SMILES string of the molecule is CCN(C(=O)Nc1ccc(OC(F)(F)CC(F)(F)F)cc1)c1ccc2[nH]c(=S)sc2n1. The summed E-state index contributed by atoms with van der Waals surface area (Å²) < 4.78 is 67.9. The van der Waals surface area contributed by atoms with Crippen molar-refractivity contribution < 1.29 is 31.5 Å². The second-order valence-electron chi connectivity index (χ2n) is 6.27. The molecule has 2 aromatic heterocycles. The molecule has 0 spiro atoms. The number of hydrogen-bond acceptors (Lipinski definition) is 5. The van der Waals surface area contributed by atoms with E-state index in [0.29, 0.717) is 14.6 Å². The Morgan fingerprint density at radius 1 is 1.19 bits per heavy atom. The molecule has 0 aliphatic carbocycles. The quantitative estimate of drug-likeness (QED) is 0.321. The number of urea groups is 1. The van der Waals surface area contributed by atoms with Crippen molar-refractivity contribution in [1.29, 1.82) is 0 Å². The number of alkyl halides is 5. The van der Waals surface area contributed by atoms with E-state index < -0.39 is 30.5 Å². The van der Waals surface area contributed by atoms with Crippen molar-refractivity contribution in [2.45, 2.75) is 25.6 Å². The number of benzene rings is 1. The van der Waals surface area contributed by atoms with Gasteiger partial charge in [-0.3, -0.25) is 4.90 Å². The van der Waals surface area contributed by atoms with E-state index in [-0.39, 0.29) is 12.2 Å². The zero-order valence-corrected chi connectivity index (χ0v) is 17.4. The van der Waals surface area contributed by atoms with Gasteiger partial charge in [-0.2, -0.15) is 22.0 Å². The largest absolute Gasteiger partial charge is 0.432 e. The number of anilines is 2. The number of ether oxygens (including phenoxy) is 1. The van der Waals surface area contributed by atoms with E-state index in [1.807, 2.05) is 0 Å². The number of halogens is 5. The van der Waals surface area contributed by atoms with Gasteiger partial charge in [0.15, 0.2) is 3.95 Å². The molecule has 6 nitrogen and oxygen atoms in total. The molecule has 2 heterocycles. The highest BCUT2D eigenvalue weighted by molar-refractivity contribution is 7.73. The molecule has 1 aromatic carbocycles. The minimum Gasteiger partial charge on any atom is -0.432 e. The van der Waals surface area contributed by atoms with Gasteiger partial charge in [0.2, 0.25) is 0 Å². The van der Waals surface area contributed by atoms with Crippen molar-refractivity contribution in [2.24, 2.45) is 0 Å². The summed E-state index contributed by atoms with van der Waals surface area (Å²) in [5, 5.41) is 2.57. The Balaban J connectivity index is 1.69. The number of amides is 2. The van der Waals surface area contributed by atoms with Gasteiger partial charge in [-0.1, -0.05) is 11.3 Å². The van der Waals surface area contributed by atoms with Crippen LogP contribution >= 0.6 is 23.6 Å². The van der Waals surface area contributed by atoms with E-state index in [0.717, 1.165) is 17.6 Å². The molecule has 0 saturated carbocycles. The number of pyridine rings is 1. The van der Waals surface area contributed by atoms with Gasteiger partial charge in [0.25, 0.3) is 0 Å². The lowest BCUT2D eigenvalue weighted by molar-refractivity contribution is -0.255. The summed E-state index contributed by atoms with van der Waals surface area (Å²) in [4.78, 5) is 22.0. The van der Waals surface area contributed by atoms with Gasteiger partial charge >= 0.3 is 18.3 Å². The van der Waals surface area contributed by atoms with Gasteiger partial charge in [-0.15, -0.1) is 0 Å². The number of rotatable bonds is 6.